The van der Waals surface area contributed by atoms with E-state index < -0.39 is 0 Å². The lowest BCUT2D eigenvalue weighted by atomic mass is 10.1. The van der Waals surface area contributed by atoms with Crippen molar-refractivity contribution in [2.45, 2.75) is 0 Å². The topological polar surface area (TPSA) is 88.2 Å². The van der Waals surface area contributed by atoms with Crippen molar-refractivity contribution in [1.82, 2.24) is 10.3 Å². The van der Waals surface area contributed by atoms with Crippen LogP contribution in [0.3, 0.4) is 0 Å². The van der Waals surface area contributed by atoms with Crippen molar-refractivity contribution in [3.8, 4) is 0 Å². The molecule has 0 fully saturated rings. The third kappa shape index (κ3) is 2.23. The standard InChI is InChI=1S/C12H12ClN3O2/c13-9-2-1-8-7(10(9)14)3-4-15-11(8)12(18)16-5-6-17/h1-4,17H,5-6,14H2,(H,16,18). The van der Waals surface area contributed by atoms with Gasteiger partial charge >= 0.3 is 0 Å². The number of hydrogen-bond donors (Lipinski definition) is 3. The average molecular weight is 266 g/mol. The molecule has 6 heteroatoms. The van der Waals surface area contributed by atoms with Crippen molar-refractivity contribution in [3.63, 3.8) is 0 Å². The van der Waals surface area contributed by atoms with E-state index in [2.05, 4.69) is 10.3 Å². The zero-order valence-electron chi connectivity index (χ0n) is 9.48. The zero-order chi connectivity index (χ0) is 13.1. The number of carbonyl (C=O) groups is 1. The molecule has 1 amide bonds. The summed E-state index contributed by atoms with van der Waals surface area (Å²) in [6.07, 6.45) is 1.50. The maximum atomic E-state index is 11.9. The molecule has 0 radical (unpaired) electrons. The average Bonchev–Trinajstić information content (AvgIpc) is 2.39. The number of halogens is 1. The number of carbonyl (C=O) groups excluding carboxylic acids is 1. The van der Waals surface area contributed by atoms with Gasteiger partial charge in [0.1, 0.15) is 5.69 Å². The van der Waals surface area contributed by atoms with Crippen molar-refractivity contribution >= 4 is 34.0 Å². The van der Waals surface area contributed by atoms with Crippen molar-refractivity contribution in [2.75, 3.05) is 18.9 Å². The second-order valence-electron chi connectivity index (χ2n) is 3.70. The van der Waals surface area contributed by atoms with Gasteiger partial charge in [0.25, 0.3) is 5.91 Å². The number of rotatable bonds is 3. The summed E-state index contributed by atoms with van der Waals surface area (Å²) in [7, 11) is 0. The van der Waals surface area contributed by atoms with Crippen LogP contribution < -0.4 is 11.1 Å². The fourth-order valence-corrected chi connectivity index (χ4v) is 1.85. The molecule has 2 rings (SSSR count). The first kappa shape index (κ1) is 12.6. The van der Waals surface area contributed by atoms with E-state index in [1.54, 1.807) is 18.2 Å². The van der Waals surface area contributed by atoms with Gasteiger partial charge in [-0.05, 0) is 12.1 Å². The van der Waals surface area contributed by atoms with Gasteiger partial charge in [-0.3, -0.25) is 9.78 Å². The fraction of sp³-hybridized carbons (Fsp3) is 0.167. The Kier molecular flexibility index (Phi) is 3.64. The monoisotopic (exact) mass is 265 g/mol. The van der Waals surface area contributed by atoms with Crippen LogP contribution in [0.25, 0.3) is 10.8 Å². The number of aliphatic hydroxyl groups excluding tert-OH is 1. The number of pyridine rings is 1. The molecule has 0 unspecified atom stereocenters. The highest BCUT2D eigenvalue weighted by Gasteiger charge is 2.13. The molecule has 0 atom stereocenters. The number of aliphatic hydroxyl groups is 1. The number of amides is 1. The van der Waals surface area contributed by atoms with Gasteiger partial charge in [0, 0.05) is 23.5 Å². The molecule has 0 saturated carbocycles. The summed E-state index contributed by atoms with van der Waals surface area (Å²) >= 11 is 5.92. The number of fused-ring (bicyclic) bond motifs is 1. The first-order valence-corrected chi connectivity index (χ1v) is 5.74. The number of anilines is 1. The molecule has 0 bridgehead atoms. The molecule has 0 aliphatic carbocycles. The maximum absolute atomic E-state index is 11.9. The molecular weight excluding hydrogens is 254 g/mol. The van der Waals surface area contributed by atoms with Gasteiger partial charge in [-0.2, -0.15) is 0 Å². The van der Waals surface area contributed by atoms with E-state index in [1.165, 1.54) is 6.20 Å². The number of aromatic nitrogens is 1. The van der Waals surface area contributed by atoms with E-state index in [0.717, 1.165) is 0 Å². The van der Waals surface area contributed by atoms with Crippen LogP contribution >= 0.6 is 11.6 Å². The number of nitrogens with two attached hydrogens (primary N) is 1. The molecule has 1 heterocycles. The Bertz CT molecular complexity index is 601. The molecule has 0 spiro atoms. The van der Waals surface area contributed by atoms with Crippen LogP contribution in [-0.2, 0) is 0 Å². The highest BCUT2D eigenvalue weighted by Crippen LogP contribution is 2.29. The minimum absolute atomic E-state index is 0.121. The third-order valence-corrected chi connectivity index (χ3v) is 2.88. The van der Waals surface area contributed by atoms with Crippen LogP contribution in [0.2, 0.25) is 5.02 Å². The van der Waals surface area contributed by atoms with E-state index in [4.69, 9.17) is 22.4 Å². The van der Waals surface area contributed by atoms with E-state index in [1.807, 2.05) is 0 Å². The van der Waals surface area contributed by atoms with Crippen molar-refractivity contribution in [3.05, 3.63) is 35.1 Å². The first-order chi connectivity index (χ1) is 8.65. The van der Waals surface area contributed by atoms with Crippen molar-refractivity contribution < 1.29 is 9.90 Å². The van der Waals surface area contributed by atoms with Crippen molar-refractivity contribution in [1.29, 1.82) is 0 Å². The Morgan fingerprint density at radius 2 is 2.17 bits per heavy atom. The predicted molar refractivity (Wildman–Crippen MR) is 70.6 cm³/mol. The lowest BCUT2D eigenvalue weighted by Gasteiger charge is -2.08. The number of nitrogens with zero attached hydrogens (tertiary/aromatic N) is 1. The zero-order valence-corrected chi connectivity index (χ0v) is 10.2. The molecule has 1 aromatic carbocycles. The number of nitrogen functional groups attached to an aromatic ring is 1. The van der Waals surface area contributed by atoms with E-state index in [0.29, 0.717) is 21.5 Å². The van der Waals surface area contributed by atoms with E-state index >= 15 is 0 Å². The summed E-state index contributed by atoms with van der Waals surface area (Å²) in [5.41, 5.74) is 6.55. The van der Waals surface area contributed by atoms with Gasteiger partial charge in [-0.25, -0.2) is 0 Å². The summed E-state index contributed by atoms with van der Waals surface area (Å²) in [5, 5.41) is 13.0. The molecule has 94 valence electrons. The molecule has 2 aromatic rings. The minimum Gasteiger partial charge on any atom is -0.397 e. The second kappa shape index (κ2) is 5.20. The highest BCUT2D eigenvalue weighted by atomic mass is 35.5. The number of nitrogens with one attached hydrogen (secondary N) is 1. The maximum Gasteiger partial charge on any atom is 0.270 e. The lowest BCUT2D eigenvalue weighted by Crippen LogP contribution is -2.27. The van der Waals surface area contributed by atoms with E-state index in [9.17, 15) is 4.79 Å². The predicted octanol–water partition coefficient (Wildman–Crippen LogP) is 1.19. The summed E-state index contributed by atoms with van der Waals surface area (Å²) in [4.78, 5) is 15.9. The van der Waals surface area contributed by atoms with E-state index in [-0.39, 0.29) is 24.8 Å². The minimum atomic E-state index is -0.351. The van der Waals surface area contributed by atoms with Crippen LogP contribution in [0, 0.1) is 0 Å². The largest absolute Gasteiger partial charge is 0.397 e. The Balaban J connectivity index is 2.52. The summed E-state index contributed by atoms with van der Waals surface area (Å²) < 4.78 is 0. The second-order valence-corrected chi connectivity index (χ2v) is 4.10. The van der Waals surface area contributed by atoms with Crippen molar-refractivity contribution in [2.24, 2.45) is 0 Å². The number of benzene rings is 1. The van der Waals surface area contributed by atoms with Crippen LogP contribution in [0.15, 0.2) is 24.4 Å². The fourth-order valence-electron chi connectivity index (χ4n) is 1.69. The summed E-state index contributed by atoms with van der Waals surface area (Å²) in [6, 6.07) is 5.04. The third-order valence-electron chi connectivity index (χ3n) is 2.55. The SMILES string of the molecule is Nc1c(Cl)ccc2c(C(=O)NCCO)nccc12. The quantitative estimate of drug-likeness (QED) is 0.728. The van der Waals surface area contributed by atoms with Crippen LogP contribution in [0.1, 0.15) is 10.5 Å². The molecule has 1 aromatic heterocycles. The van der Waals surface area contributed by atoms with Gasteiger partial charge < -0.3 is 16.2 Å². The van der Waals surface area contributed by atoms with Gasteiger partial charge in [-0.1, -0.05) is 17.7 Å². The van der Waals surface area contributed by atoms with Crippen LogP contribution in [0.5, 0.6) is 0 Å². The first-order valence-electron chi connectivity index (χ1n) is 5.37. The molecule has 0 aliphatic rings. The van der Waals surface area contributed by atoms with Gasteiger partial charge in [0.2, 0.25) is 0 Å². The summed E-state index contributed by atoms with van der Waals surface area (Å²) in [6.45, 7) is 0.0600. The molecule has 5 nitrogen and oxygen atoms in total. The molecule has 0 saturated heterocycles. The Hall–Kier alpha value is -1.85. The Morgan fingerprint density at radius 3 is 2.89 bits per heavy atom. The van der Waals surface area contributed by atoms with Gasteiger partial charge in [-0.15, -0.1) is 0 Å². The molecular formula is C12H12ClN3O2. The lowest BCUT2D eigenvalue weighted by molar-refractivity contribution is 0.0941. The molecule has 4 N–H and O–H groups in total. The van der Waals surface area contributed by atoms with Crippen LogP contribution in [-0.4, -0.2) is 29.1 Å². The molecule has 0 aliphatic heterocycles. The highest BCUT2D eigenvalue weighted by molar-refractivity contribution is 6.34. The Labute approximate surface area is 109 Å². The smallest absolute Gasteiger partial charge is 0.270 e. The van der Waals surface area contributed by atoms with Gasteiger partial charge in [0.15, 0.2) is 0 Å². The number of hydrogen-bond acceptors (Lipinski definition) is 4. The Morgan fingerprint density at radius 1 is 1.39 bits per heavy atom. The van der Waals surface area contributed by atoms with Crippen LogP contribution in [0.4, 0.5) is 5.69 Å². The van der Waals surface area contributed by atoms with Gasteiger partial charge in [0.05, 0.1) is 17.3 Å². The normalized spacial score (nSPS) is 10.6. The molecule has 18 heavy (non-hydrogen) atoms. The summed E-state index contributed by atoms with van der Waals surface area (Å²) in [5.74, 6) is -0.351.